The molecule has 0 fully saturated rings. The minimum atomic E-state index is -4.35. The van der Waals surface area contributed by atoms with Crippen molar-refractivity contribution in [1.29, 1.82) is 0 Å². The first kappa shape index (κ1) is 25.5. The summed E-state index contributed by atoms with van der Waals surface area (Å²) in [6.45, 7) is 1.82. The molecule has 0 atom stereocenters. The van der Waals surface area contributed by atoms with Crippen molar-refractivity contribution in [2.45, 2.75) is 19.8 Å². The van der Waals surface area contributed by atoms with Crippen molar-refractivity contribution in [3.05, 3.63) is 47.0 Å². The molecular formula is C15H16Na2O6S2. The zero-order chi connectivity index (χ0) is 17.3. The number of aryl methyl sites for hydroxylation is 3. The summed E-state index contributed by atoms with van der Waals surface area (Å²) in [5, 5.41) is 1.67. The van der Waals surface area contributed by atoms with Gasteiger partial charge < -0.3 is 9.11 Å². The Morgan fingerprint density at radius 2 is 1.24 bits per heavy atom. The molecule has 0 heterocycles. The van der Waals surface area contributed by atoms with E-state index < -0.39 is 31.7 Å². The van der Waals surface area contributed by atoms with Crippen LogP contribution in [-0.4, -0.2) is 37.4 Å². The van der Waals surface area contributed by atoms with Gasteiger partial charge in [-0.15, -0.1) is 0 Å². The van der Waals surface area contributed by atoms with E-state index in [0.717, 1.165) is 16.3 Å². The smallest absolute Gasteiger partial charge is 0.748 e. The van der Waals surface area contributed by atoms with Crippen molar-refractivity contribution in [3.8, 4) is 0 Å². The molecule has 0 aliphatic rings. The summed E-state index contributed by atoms with van der Waals surface area (Å²) in [4.78, 5) is 0. The average Bonchev–Trinajstić information content (AvgIpc) is 2.44. The largest absolute Gasteiger partial charge is 1.00 e. The summed E-state index contributed by atoms with van der Waals surface area (Å²) in [5.74, 6) is -1.05. The van der Waals surface area contributed by atoms with E-state index >= 15 is 0 Å². The molecule has 0 N–H and O–H groups in total. The summed E-state index contributed by atoms with van der Waals surface area (Å²) in [5.41, 5.74) is 2.17. The van der Waals surface area contributed by atoms with Crippen LogP contribution in [0.2, 0.25) is 0 Å². The second kappa shape index (κ2) is 10.2. The van der Waals surface area contributed by atoms with Crippen molar-refractivity contribution in [1.82, 2.24) is 0 Å². The van der Waals surface area contributed by atoms with Crippen LogP contribution in [0, 0.1) is 6.92 Å². The molecule has 2 rings (SSSR count). The number of rotatable bonds is 6. The standard InChI is InChI=1S/C15H18O6S2.2Na/c1-11-12(6-8-22(16,17)18)10-13(7-9-23(19,20)21)15-5-3-2-4-14(11)15;;/h2-5,10H,6-9H2,1H3,(H,16,17,18)(H,19,20,21);;/q;2*+1/p-2. The van der Waals surface area contributed by atoms with Gasteiger partial charge in [-0.1, -0.05) is 30.3 Å². The molecule has 0 amide bonds. The van der Waals surface area contributed by atoms with Gasteiger partial charge in [0.15, 0.2) is 0 Å². The van der Waals surface area contributed by atoms with Gasteiger partial charge in [0.05, 0.1) is 20.2 Å². The molecular weight excluding hydrogens is 386 g/mol. The van der Waals surface area contributed by atoms with Crippen LogP contribution in [0.4, 0.5) is 0 Å². The molecule has 2 aromatic carbocycles. The van der Waals surface area contributed by atoms with Crippen LogP contribution >= 0.6 is 0 Å². The Hall–Kier alpha value is 0.520. The molecule has 25 heavy (non-hydrogen) atoms. The van der Waals surface area contributed by atoms with Crippen molar-refractivity contribution in [2.75, 3.05) is 11.5 Å². The molecule has 0 saturated carbocycles. The maximum absolute atomic E-state index is 10.9. The van der Waals surface area contributed by atoms with E-state index in [0.29, 0.717) is 11.1 Å². The summed E-state index contributed by atoms with van der Waals surface area (Å²) in [6.07, 6.45) is 0.101. The summed E-state index contributed by atoms with van der Waals surface area (Å²) >= 11 is 0. The topological polar surface area (TPSA) is 114 Å². The van der Waals surface area contributed by atoms with Gasteiger partial charge in [0, 0.05) is 11.5 Å². The Bertz CT molecular complexity index is 940. The van der Waals surface area contributed by atoms with Crippen LogP contribution < -0.4 is 59.1 Å². The quantitative estimate of drug-likeness (QED) is 0.355. The van der Waals surface area contributed by atoms with Crippen molar-refractivity contribution in [3.63, 3.8) is 0 Å². The fourth-order valence-corrected chi connectivity index (χ4v) is 3.54. The minimum Gasteiger partial charge on any atom is -0.748 e. The number of hydrogen-bond donors (Lipinski definition) is 0. The van der Waals surface area contributed by atoms with Gasteiger partial charge in [-0.2, -0.15) is 0 Å². The normalized spacial score (nSPS) is 11.6. The maximum Gasteiger partial charge on any atom is 1.00 e. The van der Waals surface area contributed by atoms with Crippen LogP contribution in [0.1, 0.15) is 16.7 Å². The molecule has 0 bridgehead atoms. The van der Waals surface area contributed by atoms with E-state index in [2.05, 4.69) is 0 Å². The van der Waals surface area contributed by atoms with Gasteiger partial charge in [-0.3, -0.25) is 0 Å². The Balaban J connectivity index is 0.00000288. The third kappa shape index (κ3) is 7.96. The van der Waals surface area contributed by atoms with E-state index in [9.17, 15) is 25.9 Å². The van der Waals surface area contributed by atoms with Gasteiger partial charge in [0.2, 0.25) is 0 Å². The van der Waals surface area contributed by atoms with Crippen LogP contribution in [0.3, 0.4) is 0 Å². The SMILES string of the molecule is Cc1c(CCS(=O)(=O)[O-])cc(CCS(=O)(=O)[O-])c2ccccc12.[Na+].[Na+]. The fraction of sp³-hybridized carbons (Fsp3) is 0.333. The van der Waals surface area contributed by atoms with E-state index in [1.807, 2.05) is 25.1 Å². The molecule has 0 radical (unpaired) electrons. The number of benzene rings is 2. The second-order valence-electron chi connectivity index (χ2n) is 5.39. The zero-order valence-electron chi connectivity index (χ0n) is 14.5. The first-order valence-corrected chi connectivity index (χ1v) is 10.1. The molecule has 10 heteroatoms. The Morgan fingerprint density at radius 3 is 1.72 bits per heavy atom. The predicted octanol–water partition coefficient (Wildman–Crippen LogP) is -4.67. The third-order valence-corrected chi connectivity index (χ3v) is 5.16. The average molecular weight is 402 g/mol. The van der Waals surface area contributed by atoms with Gasteiger partial charge in [-0.25, -0.2) is 16.8 Å². The molecule has 0 aliphatic heterocycles. The monoisotopic (exact) mass is 402 g/mol. The van der Waals surface area contributed by atoms with Gasteiger partial charge in [0.1, 0.15) is 0 Å². The predicted molar refractivity (Wildman–Crippen MR) is 85.2 cm³/mol. The zero-order valence-corrected chi connectivity index (χ0v) is 20.1. The summed E-state index contributed by atoms with van der Waals surface area (Å²) in [6, 6.07) is 8.97. The molecule has 0 aliphatic carbocycles. The Morgan fingerprint density at radius 1 is 0.800 bits per heavy atom. The molecule has 0 unspecified atom stereocenters. The number of hydrogen-bond acceptors (Lipinski definition) is 6. The Labute approximate surface area is 192 Å². The molecule has 6 nitrogen and oxygen atoms in total. The van der Waals surface area contributed by atoms with Gasteiger partial charge >= 0.3 is 59.1 Å². The van der Waals surface area contributed by atoms with Crippen LogP contribution in [0.15, 0.2) is 30.3 Å². The van der Waals surface area contributed by atoms with Crippen LogP contribution in [0.25, 0.3) is 10.8 Å². The molecule has 0 aromatic heterocycles. The summed E-state index contributed by atoms with van der Waals surface area (Å²) in [7, 11) is -8.68. The van der Waals surface area contributed by atoms with E-state index in [-0.39, 0.29) is 72.0 Å². The van der Waals surface area contributed by atoms with E-state index in [1.165, 1.54) is 0 Å². The molecule has 0 saturated heterocycles. The van der Waals surface area contributed by atoms with E-state index in [1.54, 1.807) is 12.1 Å². The van der Waals surface area contributed by atoms with Gasteiger partial charge in [-0.05, 0) is 47.2 Å². The van der Waals surface area contributed by atoms with Crippen LogP contribution in [0.5, 0.6) is 0 Å². The molecule has 0 spiro atoms. The first-order chi connectivity index (χ1) is 10.6. The number of fused-ring (bicyclic) bond motifs is 1. The van der Waals surface area contributed by atoms with Crippen molar-refractivity contribution >= 4 is 31.0 Å². The minimum absolute atomic E-state index is 0. The second-order valence-corrected chi connectivity index (χ2v) is 8.44. The van der Waals surface area contributed by atoms with Crippen LogP contribution in [-0.2, 0) is 33.1 Å². The van der Waals surface area contributed by atoms with Gasteiger partial charge in [0.25, 0.3) is 0 Å². The van der Waals surface area contributed by atoms with E-state index in [4.69, 9.17) is 0 Å². The Kier molecular flexibility index (Phi) is 10.4. The fourth-order valence-electron chi connectivity index (χ4n) is 2.60. The first-order valence-electron chi connectivity index (χ1n) is 6.94. The molecule has 126 valence electrons. The summed E-state index contributed by atoms with van der Waals surface area (Å²) < 4.78 is 65.2. The molecule has 2 aromatic rings. The van der Waals surface area contributed by atoms with Crippen molar-refractivity contribution < 1.29 is 85.1 Å². The third-order valence-electron chi connectivity index (χ3n) is 3.75. The maximum atomic E-state index is 10.9. The van der Waals surface area contributed by atoms with Crippen molar-refractivity contribution in [2.24, 2.45) is 0 Å².